The van der Waals surface area contributed by atoms with Crippen LogP contribution in [0.3, 0.4) is 0 Å². The summed E-state index contributed by atoms with van der Waals surface area (Å²) in [6, 6.07) is 0. The van der Waals surface area contributed by atoms with Gasteiger partial charge in [0.1, 0.15) is 0 Å². The van der Waals surface area contributed by atoms with E-state index in [0.717, 1.165) is 12.8 Å². The van der Waals surface area contributed by atoms with E-state index < -0.39 is 0 Å². The zero-order valence-corrected chi connectivity index (χ0v) is 13.1. The second kappa shape index (κ2) is 6.93. The standard InChI is InChI=1S/C17H28O2/c1-13(9-11-16(18)19-5)8-10-15-14(2)7-6-12-17(15,3)4/h9H,6-8,10-12H2,1-5H3. The number of allylic oxidation sites excluding steroid dienone is 3. The monoisotopic (exact) mass is 264 g/mol. The maximum absolute atomic E-state index is 11.1. The molecule has 0 N–H and O–H groups in total. The van der Waals surface area contributed by atoms with Crippen LogP contribution in [0.2, 0.25) is 0 Å². The number of methoxy groups -OCH3 is 1. The van der Waals surface area contributed by atoms with Crippen molar-refractivity contribution in [1.82, 2.24) is 0 Å². The second-order valence-corrected chi connectivity index (χ2v) is 6.33. The van der Waals surface area contributed by atoms with Gasteiger partial charge in [-0.05, 0) is 51.4 Å². The fraction of sp³-hybridized carbons (Fsp3) is 0.706. The lowest BCUT2D eigenvalue weighted by Crippen LogP contribution is -2.20. The largest absolute Gasteiger partial charge is 0.469 e. The van der Waals surface area contributed by atoms with E-state index in [2.05, 4.69) is 32.4 Å². The van der Waals surface area contributed by atoms with Gasteiger partial charge in [0.15, 0.2) is 0 Å². The summed E-state index contributed by atoms with van der Waals surface area (Å²) < 4.78 is 4.65. The molecule has 0 aromatic rings. The van der Waals surface area contributed by atoms with Crippen molar-refractivity contribution in [2.75, 3.05) is 7.11 Å². The van der Waals surface area contributed by atoms with Gasteiger partial charge in [-0.15, -0.1) is 0 Å². The Bertz CT molecular complexity index is 386. The molecule has 0 fully saturated rings. The van der Waals surface area contributed by atoms with Gasteiger partial charge in [-0.1, -0.05) is 36.6 Å². The van der Waals surface area contributed by atoms with Gasteiger partial charge in [0.2, 0.25) is 0 Å². The molecule has 0 atom stereocenters. The zero-order chi connectivity index (χ0) is 14.5. The van der Waals surface area contributed by atoms with E-state index in [1.807, 2.05) is 6.08 Å². The van der Waals surface area contributed by atoms with Crippen molar-refractivity contribution in [3.63, 3.8) is 0 Å². The predicted molar refractivity (Wildman–Crippen MR) is 80.0 cm³/mol. The highest BCUT2D eigenvalue weighted by Crippen LogP contribution is 2.42. The minimum atomic E-state index is -0.159. The van der Waals surface area contributed by atoms with Crippen LogP contribution in [0.4, 0.5) is 0 Å². The molecule has 0 spiro atoms. The average molecular weight is 264 g/mol. The number of esters is 1. The Morgan fingerprint density at radius 3 is 2.68 bits per heavy atom. The Morgan fingerprint density at radius 2 is 2.11 bits per heavy atom. The summed E-state index contributed by atoms with van der Waals surface area (Å²) in [7, 11) is 1.43. The number of ether oxygens (including phenoxy) is 1. The van der Waals surface area contributed by atoms with Gasteiger partial charge in [0.25, 0.3) is 0 Å². The predicted octanol–water partition coefficient (Wildman–Crippen LogP) is 4.80. The van der Waals surface area contributed by atoms with Gasteiger partial charge in [0, 0.05) is 0 Å². The Hall–Kier alpha value is -1.05. The Kier molecular flexibility index (Phi) is 5.84. The third-order valence-corrected chi connectivity index (χ3v) is 4.30. The topological polar surface area (TPSA) is 26.3 Å². The molecule has 0 aromatic carbocycles. The molecule has 0 aliphatic heterocycles. The molecule has 0 aromatic heterocycles. The van der Waals surface area contributed by atoms with Gasteiger partial charge in [0.05, 0.1) is 13.5 Å². The van der Waals surface area contributed by atoms with E-state index in [4.69, 9.17) is 0 Å². The van der Waals surface area contributed by atoms with Crippen LogP contribution in [0.1, 0.15) is 66.2 Å². The van der Waals surface area contributed by atoms with Crippen molar-refractivity contribution in [2.24, 2.45) is 5.41 Å². The van der Waals surface area contributed by atoms with Crippen molar-refractivity contribution in [2.45, 2.75) is 66.2 Å². The van der Waals surface area contributed by atoms with Crippen molar-refractivity contribution in [3.8, 4) is 0 Å². The van der Waals surface area contributed by atoms with Crippen LogP contribution >= 0.6 is 0 Å². The Balaban J connectivity index is 2.58. The highest BCUT2D eigenvalue weighted by molar-refractivity contribution is 5.71. The van der Waals surface area contributed by atoms with Gasteiger partial charge in [-0.2, -0.15) is 0 Å². The number of carbonyl (C=O) groups is 1. The van der Waals surface area contributed by atoms with Crippen LogP contribution in [-0.4, -0.2) is 13.1 Å². The lowest BCUT2D eigenvalue weighted by Gasteiger charge is -2.34. The molecule has 19 heavy (non-hydrogen) atoms. The normalized spacial score (nSPS) is 19.5. The Labute approximate surface area is 117 Å². The third kappa shape index (κ3) is 4.85. The molecule has 2 heteroatoms. The fourth-order valence-electron chi connectivity index (χ4n) is 2.99. The van der Waals surface area contributed by atoms with Crippen LogP contribution in [-0.2, 0) is 9.53 Å². The van der Waals surface area contributed by atoms with Crippen molar-refractivity contribution in [1.29, 1.82) is 0 Å². The van der Waals surface area contributed by atoms with E-state index in [1.54, 1.807) is 11.1 Å². The number of carbonyl (C=O) groups excluding carboxylic acids is 1. The molecule has 0 unspecified atom stereocenters. The highest BCUT2D eigenvalue weighted by Gasteiger charge is 2.27. The molecular weight excluding hydrogens is 236 g/mol. The third-order valence-electron chi connectivity index (χ3n) is 4.30. The maximum atomic E-state index is 11.1. The molecule has 1 aliphatic carbocycles. The lowest BCUT2D eigenvalue weighted by atomic mass is 9.71. The summed E-state index contributed by atoms with van der Waals surface area (Å²) in [6.07, 6.45) is 8.44. The van der Waals surface area contributed by atoms with Gasteiger partial charge >= 0.3 is 5.97 Å². The maximum Gasteiger partial charge on any atom is 0.309 e. The van der Waals surface area contributed by atoms with Crippen LogP contribution in [0.15, 0.2) is 22.8 Å². The first-order valence-corrected chi connectivity index (χ1v) is 7.28. The molecule has 0 bridgehead atoms. The minimum Gasteiger partial charge on any atom is -0.469 e. The van der Waals surface area contributed by atoms with E-state index in [1.165, 1.54) is 31.9 Å². The Morgan fingerprint density at radius 1 is 1.42 bits per heavy atom. The molecule has 0 radical (unpaired) electrons. The number of hydrogen-bond donors (Lipinski definition) is 0. The summed E-state index contributed by atoms with van der Waals surface area (Å²) in [6.45, 7) is 9.11. The molecule has 2 nitrogen and oxygen atoms in total. The van der Waals surface area contributed by atoms with Crippen LogP contribution in [0, 0.1) is 5.41 Å². The van der Waals surface area contributed by atoms with Crippen LogP contribution in [0.25, 0.3) is 0 Å². The highest BCUT2D eigenvalue weighted by atomic mass is 16.5. The van der Waals surface area contributed by atoms with Gasteiger partial charge < -0.3 is 4.74 Å². The van der Waals surface area contributed by atoms with Crippen LogP contribution in [0.5, 0.6) is 0 Å². The van der Waals surface area contributed by atoms with Crippen molar-refractivity contribution < 1.29 is 9.53 Å². The first kappa shape index (κ1) is 16.0. The van der Waals surface area contributed by atoms with Crippen molar-refractivity contribution >= 4 is 5.97 Å². The summed E-state index contributed by atoms with van der Waals surface area (Å²) in [5.41, 5.74) is 4.85. The molecule has 0 saturated carbocycles. The summed E-state index contributed by atoms with van der Waals surface area (Å²) >= 11 is 0. The molecule has 0 saturated heterocycles. The molecule has 108 valence electrons. The van der Waals surface area contributed by atoms with Crippen LogP contribution < -0.4 is 0 Å². The van der Waals surface area contributed by atoms with E-state index >= 15 is 0 Å². The second-order valence-electron chi connectivity index (χ2n) is 6.33. The van der Waals surface area contributed by atoms with E-state index in [0.29, 0.717) is 11.8 Å². The fourth-order valence-corrected chi connectivity index (χ4v) is 2.99. The van der Waals surface area contributed by atoms with Gasteiger partial charge in [-0.3, -0.25) is 4.79 Å². The molecule has 1 rings (SSSR count). The van der Waals surface area contributed by atoms with E-state index in [9.17, 15) is 4.79 Å². The number of hydrogen-bond acceptors (Lipinski definition) is 2. The zero-order valence-electron chi connectivity index (χ0n) is 13.1. The lowest BCUT2D eigenvalue weighted by molar-refractivity contribution is -0.139. The summed E-state index contributed by atoms with van der Waals surface area (Å²) in [5.74, 6) is -0.159. The summed E-state index contributed by atoms with van der Waals surface area (Å²) in [5, 5.41) is 0. The molecular formula is C17H28O2. The molecule has 1 aliphatic rings. The SMILES string of the molecule is COC(=O)CC=C(C)CCC1=C(C)CCCC1(C)C. The number of rotatable bonds is 5. The summed E-state index contributed by atoms with van der Waals surface area (Å²) in [4.78, 5) is 11.1. The smallest absolute Gasteiger partial charge is 0.309 e. The van der Waals surface area contributed by atoms with Gasteiger partial charge in [-0.25, -0.2) is 0 Å². The molecule has 0 heterocycles. The van der Waals surface area contributed by atoms with E-state index in [-0.39, 0.29) is 5.97 Å². The van der Waals surface area contributed by atoms with Crippen molar-refractivity contribution in [3.05, 3.63) is 22.8 Å². The first-order chi connectivity index (χ1) is 8.86. The average Bonchev–Trinajstić information content (AvgIpc) is 2.34. The quantitative estimate of drug-likeness (QED) is 0.526. The first-order valence-electron chi connectivity index (χ1n) is 7.28. The molecule has 0 amide bonds. The minimum absolute atomic E-state index is 0.159.